The maximum absolute atomic E-state index is 14.1. The summed E-state index contributed by atoms with van der Waals surface area (Å²) in [4.78, 5) is 44.5. The number of imidazole rings is 1. The van der Waals surface area contributed by atoms with E-state index < -0.39 is 23.8 Å². The van der Waals surface area contributed by atoms with Crippen LogP contribution in [0, 0.1) is 5.82 Å². The SMILES string of the molecule is CCc1[nH]c(C(=O)N[C@H]2CCN(C(=O)/C=C/c3ccc(C(=O)O)cc3F)C[C@H]2OC)nc1Cl. The maximum Gasteiger partial charge on any atom is 0.335 e. The van der Waals surface area contributed by atoms with Crippen LogP contribution in [-0.4, -0.2) is 70.1 Å². The number of carbonyl (C=O) groups excluding carboxylic acids is 2. The fourth-order valence-corrected chi connectivity index (χ4v) is 3.81. The van der Waals surface area contributed by atoms with Crippen molar-refractivity contribution in [3.63, 3.8) is 0 Å². The van der Waals surface area contributed by atoms with Gasteiger partial charge in [0.05, 0.1) is 23.4 Å². The van der Waals surface area contributed by atoms with Gasteiger partial charge in [0.1, 0.15) is 5.82 Å². The van der Waals surface area contributed by atoms with Crippen molar-refractivity contribution >= 4 is 35.5 Å². The van der Waals surface area contributed by atoms with Crippen molar-refractivity contribution in [1.82, 2.24) is 20.2 Å². The molecule has 2 heterocycles. The summed E-state index contributed by atoms with van der Waals surface area (Å²) >= 11 is 6.00. The molecule has 9 nitrogen and oxygen atoms in total. The van der Waals surface area contributed by atoms with Gasteiger partial charge in [-0.2, -0.15) is 0 Å². The molecule has 176 valence electrons. The largest absolute Gasteiger partial charge is 0.478 e. The number of hydrogen-bond acceptors (Lipinski definition) is 5. The fourth-order valence-electron chi connectivity index (χ4n) is 3.55. The molecule has 2 aromatic rings. The van der Waals surface area contributed by atoms with E-state index in [1.807, 2.05) is 6.92 Å². The first-order valence-corrected chi connectivity index (χ1v) is 10.7. The number of nitrogens with zero attached hydrogens (tertiary/aromatic N) is 2. The number of ether oxygens (including phenoxy) is 1. The van der Waals surface area contributed by atoms with E-state index in [2.05, 4.69) is 15.3 Å². The van der Waals surface area contributed by atoms with Gasteiger partial charge < -0.3 is 25.0 Å². The molecule has 1 saturated heterocycles. The van der Waals surface area contributed by atoms with Crippen LogP contribution in [0.5, 0.6) is 0 Å². The van der Waals surface area contributed by atoms with Crippen LogP contribution in [-0.2, 0) is 16.0 Å². The van der Waals surface area contributed by atoms with Crippen LogP contribution in [0.3, 0.4) is 0 Å². The molecule has 0 aliphatic carbocycles. The molecule has 3 N–H and O–H groups in total. The molecule has 2 atom stereocenters. The van der Waals surface area contributed by atoms with Crippen LogP contribution in [0.4, 0.5) is 4.39 Å². The van der Waals surface area contributed by atoms with E-state index in [1.165, 1.54) is 36.3 Å². The lowest BCUT2D eigenvalue weighted by atomic mass is 10.0. The van der Waals surface area contributed by atoms with Crippen molar-refractivity contribution < 1.29 is 28.6 Å². The summed E-state index contributed by atoms with van der Waals surface area (Å²) in [5.74, 6) is -2.62. The zero-order chi connectivity index (χ0) is 24.1. The third-order valence-electron chi connectivity index (χ3n) is 5.44. The molecule has 1 fully saturated rings. The quantitative estimate of drug-likeness (QED) is 0.525. The van der Waals surface area contributed by atoms with E-state index in [4.69, 9.17) is 21.4 Å². The average molecular weight is 479 g/mol. The maximum atomic E-state index is 14.1. The number of aromatic carboxylic acids is 1. The van der Waals surface area contributed by atoms with Crippen LogP contribution >= 0.6 is 11.6 Å². The highest BCUT2D eigenvalue weighted by Crippen LogP contribution is 2.18. The van der Waals surface area contributed by atoms with Crippen LogP contribution < -0.4 is 5.32 Å². The monoisotopic (exact) mass is 478 g/mol. The van der Waals surface area contributed by atoms with E-state index in [-0.39, 0.29) is 40.6 Å². The van der Waals surface area contributed by atoms with Gasteiger partial charge in [0, 0.05) is 31.8 Å². The number of hydrogen-bond donors (Lipinski definition) is 3. The third kappa shape index (κ3) is 5.77. The number of rotatable bonds is 7. The van der Waals surface area contributed by atoms with Gasteiger partial charge in [-0.1, -0.05) is 24.6 Å². The van der Waals surface area contributed by atoms with E-state index in [0.717, 1.165) is 6.07 Å². The van der Waals surface area contributed by atoms with Gasteiger partial charge in [-0.25, -0.2) is 14.2 Å². The summed E-state index contributed by atoms with van der Waals surface area (Å²) in [6.45, 7) is 2.47. The number of piperidine rings is 1. The van der Waals surface area contributed by atoms with Gasteiger partial charge in [-0.05, 0) is 31.1 Å². The number of carbonyl (C=O) groups is 3. The number of carboxylic acids is 1. The standard InChI is InChI=1S/C22H24ClFN4O5/c1-3-15-19(23)27-20(25-15)21(30)26-16-8-9-28(11-17(16)33-2)18(29)7-6-12-4-5-13(22(31)32)10-14(12)24/h4-7,10,16-17H,3,8-9,11H2,1-2H3,(H,25,27)(H,26,30)(H,31,32)/b7-6+/t16-,17+/m0/s1. The van der Waals surface area contributed by atoms with E-state index in [9.17, 15) is 18.8 Å². The zero-order valence-corrected chi connectivity index (χ0v) is 18.9. The van der Waals surface area contributed by atoms with Crippen LogP contribution in [0.2, 0.25) is 5.15 Å². The Hall–Kier alpha value is -3.24. The molecular formula is C22H24ClFN4O5. The predicted octanol–water partition coefficient (Wildman–Crippen LogP) is 2.52. The number of nitrogens with one attached hydrogen (secondary N) is 2. The number of carboxylic acid groups (broad SMARTS) is 1. The Bertz CT molecular complexity index is 1090. The molecule has 1 aliphatic rings. The predicted molar refractivity (Wildman–Crippen MR) is 119 cm³/mol. The first kappa shape index (κ1) is 24.4. The second-order valence-corrected chi connectivity index (χ2v) is 7.87. The number of methoxy groups -OCH3 is 1. The number of aryl methyl sites for hydroxylation is 1. The Kier molecular flexibility index (Phi) is 7.83. The topological polar surface area (TPSA) is 125 Å². The van der Waals surface area contributed by atoms with Gasteiger partial charge in [0.25, 0.3) is 5.91 Å². The Morgan fingerprint density at radius 1 is 1.42 bits per heavy atom. The minimum atomic E-state index is -1.23. The van der Waals surface area contributed by atoms with Crippen molar-refractivity contribution in [3.05, 3.63) is 57.9 Å². The van der Waals surface area contributed by atoms with Gasteiger partial charge in [-0.3, -0.25) is 9.59 Å². The van der Waals surface area contributed by atoms with Crippen molar-refractivity contribution in [2.24, 2.45) is 0 Å². The number of benzene rings is 1. The van der Waals surface area contributed by atoms with Crippen molar-refractivity contribution in [2.45, 2.75) is 31.9 Å². The van der Waals surface area contributed by atoms with Crippen molar-refractivity contribution in [2.75, 3.05) is 20.2 Å². The lowest BCUT2D eigenvalue weighted by Crippen LogP contribution is -2.55. The van der Waals surface area contributed by atoms with E-state index in [0.29, 0.717) is 25.1 Å². The molecule has 0 spiro atoms. The molecule has 11 heteroatoms. The Morgan fingerprint density at radius 3 is 2.79 bits per heavy atom. The molecule has 2 amide bonds. The number of halogens is 2. The Morgan fingerprint density at radius 2 is 2.18 bits per heavy atom. The second-order valence-electron chi connectivity index (χ2n) is 7.51. The van der Waals surface area contributed by atoms with E-state index >= 15 is 0 Å². The number of amides is 2. The minimum Gasteiger partial charge on any atom is -0.478 e. The molecule has 33 heavy (non-hydrogen) atoms. The van der Waals surface area contributed by atoms with Crippen LogP contribution in [0.15, 0.2) is 24.3 Å². The normalized spacial score (nSPS) is 18.5. The van der Waals surface area contributed by atoms with Crippen LogP contribution in [0.25, 0.3) is 6.08 Å². The number of aromatic amines is 1. The molecule has 1 aromatic carbocycles. The average Bonchev–Trinajstić information content (AvgIpc) is 3.18. The number of likely N-dealkylation sites (tertiary alicyclic amines) is 1. The molecule has 0 bridgehead atoms. The summed E-state index contributed by atoms with van der Waals surface area (Å²) in [7, 11) is 1.49. The molecule has 0 unspecified atom stereocenters. The molecule has 0 radical (unpaired) electrons. The van der Waals surface area contributed by atoms with Crippen molar-refractivity contribution in [3.8, 4) is 0 Å². The number of aromatic nitrogens is 2. The summed E-state index contributed by atoms with van der Waals surface area (Å²) in [6, 6.07) is 3.12. The summed E-state index contributed by atoms with van der Waals surface area (Å²) in [6.07, 6.45) is 3.12. The second kappa shape index (κ2) is 10.6. The first-order valence-electron chi connectivity index (χ1n) is 10.3. The lowest BCUT2D eigenvalue weighted by Gasteiger charge is -2.37. The highest BCUT2D eigenvalue weighted by atomic mass is 35.5. The Labute approximate surface area is 194 Å². The van der Waals surface area contributed by atoms with Gasteiger partial charge in [0.2, 0.25) is 5.91 Å². The zero-order valence-electron chi connectivity index (χ0n) is 18.1. The minimum absolute atomic E-state index is 0.0994. The summed E-state index contributed by atoms with van der Waals surface area (Å²) < 4.78 is 19.5. The molecule has 1 aliphatic heterocycles. The number of H-pyrrole nitrogens is 1. The van der Waals surface area contributed by atoms with Gasteiger partial charge in [0.15, 0.2) is 11.0 Å². The smallest absolute Gasteiger partial charge is 0.335 e. The summed E-state index contributed by atoms with van der Waals surface area (Å²) in [5, 5.41) is 12.0. The van der Waals surface area contributed by atoms with Crippen molar-refractivity contribution in [1.29, 1.82) is 0 Å². The molecule has 0 saturated carbocycles. The lowest BCUT2D eigenvalue weighted by molar-refractivity contribution is -0.130. The molecule has 3 rings (SSSR count). The Balaban J connectivity index is 1.61. The highest BCUT2D eigenvalue weighted by molar-refractivity contribution is 6.30. The molecular weight excluding hydrogens is 455 g/mol. The third-order valence-corrected chi connectivity index (χ3v) is 5.75. The van der Waals surface area contributed by atoms with Gasteiger partial charge in [-0.15, -0.1) is 0 Å². The van der Waals surface area contributed by atoms with E-state index in [1.54, 1.807) is 0 Å². The summed E-state index contributed by atoms with van der Waals surface area (Å²) in [5.41, 5.74) is 0.597. The van der Waals surface area contributed by atoms with Gasteiger partial charge >= 0.3 is 5.97 Å². The van der Waals surface area contributed by atoms with Crippen LogP contribution in [0.1, 0.15) is 45.6 Å². The first-order chi connectivity index (χ1) is 15.7. The highest BCUT2D eigenvalue weighted by Gasteiger charge is 2.32. The fraction of sp³-hybridized carbons (Fsp3) is 0.364. The molecule has 1 aromatic heterocycles.